The third-order valence-corrected chi connectivity index (χ3v) is 5.53. The highest BCUT2D eigenvalue weighted by molar-refractivity contribution is 7.99. The molecule has 1 fully saturated rings. The Balaban J connectivity index is 1.86. The van der Waals surface area contributed by atoms with Gasteiger partial charge in [-0.3, -0.25) is 14.5 Å². The van der Waals surface area contributed by atoms with Gasteiger partial charge in [-0.15, -0.1) is 0 Å². The van der Waals surface area contributed by atoms with Crippen molar-refractivity contribution in [3.63, 3.8) is 0 Å². The highest BCUT2D eigenvalue weighted by Gasteiger charge is 2.27. The van der Waals surface area contributed by atoms with Crippen LogP contribution in [-0.2, 0) is 6.54 Å². The first kappa shape index (κ1) is 19.4. The van der Waals surface area contributed by atoms with Crippen LogP contribution in [0.15, 0.2) is 29.1 Å². The summed E-state index contributed by atoms with van der Waals surface area (Å²) in [7, 11) is 3.47. The summed E-state index contributed by atoms with van der Waals surface area (Å²) >= 11 is 1.74. The van der Waals surface area contributed by atoms with Crippen LogP contribution in [-0.4, -0.2) is 62.9 Å². The minimum atomic E-state index is -0.734. The van der Waals surface area contributed by atoms with Gasteiger partial charge in [0, 0.05) is 31.6 Å². The van der Waals surface area contributed by atoms with Crippen LogP contribution in [0.25, 0.3) is 0 Å². The predicted octanol–water partition coefficient (Wildman–Crippen LogP) is 1.61. The van der Waals surface area contributed by atoms with E-state index in [1.807, 2.05) is 7.05 Å². The van der Waals surface area contributed by atoms with Crippen LogP contribution in [0.5, 0.6) is 5.75 Å². The van der Waals surface area contributed by atoms with Gasteiger partial charge in [-0.1, -0.05) is 12.1 Å². The summed E-state index contributed by atoms with van der Waals surface area (Å²) < 4.78 is 13.0. The fourth-order valence-corrected chi connectivity index (χ4v) is 4.10. The van der Waals surface area contributed by atoms with Gasteiger partial charge in [0.05, 0.1) is 6.04 Å². The van der Waals surface area contributed by atoms with Gasteiger partial charge in [0.2, 0.25) is 5.75 Å². The largest absolute Gasteiger partial charge is 0.501 e. The Morgan fingerprint density at radius 2 is 2.15 bits per heavy atom. The summed E-state index contributed by atoms with van der Waals surface area (Å²) in [5.41, 5.74) is -0.287. The average Bonchev–Trinajstić information content (AvgIpc) is 2.65. The Hall–Kier alpha value is -2.39. The van der Waals surface area contributed by atoms with Crippen molar-refractivity contribution in [2.75, 3.05) is 32.1 Å². The zero-order valence-corrected chi connectivity index (χ0v) is 15.9. The first-order chi connectivity index (χ1) is 12.9. The Morgan fingerprint density at radius 1 is 1.44 bits per heavy atom. The number of benzene rings is 1. The Morgan fingerprint density at radius 3 is 2.81 bits per heavy atom. The van der Waals surface area contributed by atoms with Crippen LogP contribution in [0, 0.1) is 5.82 Å². The number of nitrogens with zero attached hydrogens (tertiary/aromatic N) is 3. The summed E-state index contributed by atoms with van der Waals surface area (Å²) in [6.45, 7) is 1.04. The summed E-state index contributed by atoms with van der Waals surface area (Å²) in [4.78, 5) is 35.2. The van der Waals surface area contributed by atoms with E-state index in [1.165, 1.54) is 24.1 Å². The number of aromatic hydroxyl groups is 1. The van der Waals surface area contributed by atoms with Gasteiger partial charge >= 0.3 is 0 Å². The first-order valence-electron chi connectivity index (χ1n) is 8.48. The third-order valence-electron chi connectivity index (χ3n) is 4.51. The predicted molar refractivity (Wildman–Crippen MR) is 101 cm³/mol. The lowest BCUT2D eigenvalue weighted by molar-refractivity contribution is 0.0774. The molecule has 0 saturated carbocycles. The molecular weight excluding hydrogens is 371 g/mol. The van der Waals surface area contributed by atoms with E-state index in [4.69, 9.17) is 0 Å². The number of aromatic amines is 1. The fraction of sp³-hybridized carbons (Fsp3) is 0.389. The number of hydrogen-bond acceptors (Lipinski definition) is 6. The van der Waals surface area contributed by atoms with E-state index in [-0.39, 0.29) is 24.1 Å². The van der Waals surface area contributed by atoms with Gasteiger partial charge < -0.3 is 15.0 Å². The van der Waals surface area contributed by atoms with E-state index < -0.39 is 17.2 Å². The number of halogens is 1. The summed E-state index contributed by atoms with van der Waals surface area (Å²) in [5.74, 6) is 0.466. The summed E-state index contributed by atoms with van der Waals surface area (Å²) in [6, 6.07) is 5.63. The molecule has 7 nitrogen and oxygen atoms in total. The molecule has 2 N–H and O–H groups in total. The fourth-order valence-electron chi connectivity index (χ4n) is 2.88. The maximum absolute atomic E-state index is 13.0. The van der Waals surface area contributed by atoms with Crippen molar-refractivity contribution >= 4 is 17.7 Å². The molecule has 3 rings (SSSR count). The lowest BCUT2D eigenvalue weighted by Crippen LogP contribution is -2.36. The van der Waals surface area contributed by atoms with Gasteiger partial charge in [-0.2, -0.15) is 11.8 Å². The van der Waals surface area contributed by atoms with Crippen molar-refractivity contribution in [3.05, 3.63) is 57.5 Å². The highest BCUT2D eigenvalue weighted by Crippen LogP contribution is 2.26. The van der Waals surface area contributed by atoms with Crippen molar-refractivity contribution < 1.29 is 14.3 Å². The number of carbonyl (C=O) groups excluding carboxylic acids is 1. The molecule has 0 aliphatic carbocycles. The highest BCUT2D eigenvalue weighted by atomic mass is 32.2. The van der Waals surface area contributed by atoms with Gasteiger partial charge in [0.1, 0.15) is 11.6 Å². The molecule has 1 amide bonds. The molecule has 1 aromatic heterocycles. The van der Waals surface area contributed by atoms with E-state index >= 15 is 0 Å². The number of amides is 1. The zero-order valence-electron chi connectivity index (χ0n) is 15.1. The number of thioether (sulfide) groups is 1. The smallest absolute Gasteiger partial charge is 0.293 e. The average molecular weight is 392 g/mol. The van der Waals surface area contributed by atoms with Crippen molar-refractivity contribution in [2.24, 2.45) is 0 Å². The molecule has 1 saturated heterocycles. The SMILES string of the molecule is CN(Cc1ccc(F)cc1)C(=O)c1nc(C2CSCCN2C)[nH]c(=O)c1O. The molecule has 2 heterocycles. The van der Waals surface area contributed by atoms with E-state index in [2.05, 4.69) is 14.9 Å². The molecule has 1 aliphatic heterocycles. The molecular formula is C18H21FN4O3S. The van der Waals surface area contributed by atoms with Gasteiger partial charge in [-0.25, -0.2) is 9.37 Å². The van der Waals surface area contributed by atoms with Crippen LogP contribution < -0.4 is 5.56 Å². The van der Waals surface area contributed by atoms with Crippen molar-refractivity contribution in [3.8, 4) is 5.75 Å². The van der Waals surface area contributed by atoms with E-state index in [1.54, 1.807) is 23.9 Å². The van der Waals surface area contributed by atoms with Crippen molar-refractivity contribution in [2.45, 2.75) is 12.6 Å². The summed E-state index contributed by atoms with van der Waals surface area (Å²) in [5, 5.41) is 10.1. The topological polar surface area (TPSA) is 89.5 Å². The minimum absolute atomic E-state index is 0.133. The van der Waals surface area contributed by atoms with Crippen LogP contribution >= 0.6 is 11.8 Å². The van der Waals surface area contributed by atoms with E-state index in [0.29, 0.717) is 5.82 Å². The molecule has 9 heteroatoms. The minimum Gasteiger partial charge on any atom is -0.501 e. The van der Waals surface area contributed by atoms with Crippen molar-refractivity contribution in [1.82, 2.24) is 19.8 Å². The number of rotatable bonds is 4. The maximum Gasteiger partial charge on any atom is 0.293 e. The van der Waals surface area contributed by atoms with Gasteiger partial charge in [0.25, 0.3) is 11.5 Å². The molecule has 0 spiro atoms. The molecule has 2 aromatic rings. The zero-order chi connectivity index (χ0) is 19.6. The van der Waals surface area contributed by atoms with E-state index in [0.717, 1.165) is 23.6 Å². The lowest BCUT2D eigenvalue weighted by Gasteiger charge is -2.31. The maximum atomic E-state index is 13.0. The molecule has 1 unspecified atom stereocenters. The number of carbonyl (C=O) groups is 1. The van der Waals surface area contributed by atoms with Crippen LogP contribution in [0.3, 0.4) is 0 Å². The lowest BCUT2D eigenvalue weighted by atomic mass is 10.2. The number of H-pyrrole nitrogens is 1. The van der Waals surface area contributed by atoms with Crippen LogP contribution in [0.1, 0.15) is 27.9 Å². The summed E-state index contributed by atoms with van der Waals surface area (Å²) in [6.07, 6.45) is 0. The second-order valence-corrected chi connectivity index (χ2v) is 7.66. The van der Waals surface area contributed by atoms with Gasteiger partial charge in [-0.05, 0) is 24.7 Å². The number of hydrogen-bond donors (Lipinski definition) is 2. The molecule has 1 aromatic carbocycles. The Kier molecular flexibility index (Phi) is 5.81. The first-order valence-corrected chi connectivity index (χ1v) is 9.63. The molecule has 0 bridgehead atoms. The quantitative estimate of drug-likeness (QED) is 0.822. The second kappa shape index (κ2) is 8.10. The Labute approximate surface area is 160 Å². The molecule has 144 valence electrons. The molecule has 27 heavy (non-hydrogen) atoms. The molecule has 0 radical (unpaired) electrons. The van der Waals surface area contributed by atoms with E-state index in [9.17, 15) is 19.1 Å². The monoisotopic (exact) mass is 392 g/mol. The Bertz CT molecular complexity index is 887. The molecule has 1 atom stereocenters. The van der Waals surface area contributed by atoms with Crippen molar-refractivity contribution in [1.29, 1.82) is 0 Å². The number of nitrogens with one attached hydrogen (secondary N) is 1. The number of aromatic nitrogens is 2. The molecule has 1 aliphatic rings. The van der Waals surface area contributed by atoms with Gasteiger partial charge in [0.15, 0.2) is 5.69 Å². The van der Waals surface area contributed by atoms with Crippen LogP contribution in [0.2, 0.25) is 0 Å². The normalized spacial score (nSPS) is 17.7. The standard InChI is InChI=1S/C18H21FN4O3S/c1-22-7-8-27-10-13(22)16-20-14(15(24)17(25)21-16)18(26)23(2)9-11-3-5-12(19)6-4-11/h3-6,13,24H,7-10H2,1-2H3,(H,20,21,25). The third kappa shape index (κ3) is 4.30. The van der Waals surface area contributed by atoms with Crippen LogP contribution in [0.4, 0.5) is 4.39 Å². The second-order valence-electron chi connectivity index (χ2n) is 6.51.